The SMILES string of the molecule is CC(=O)N1CC2CCN(c3cncc(CN4C(=O)c5cccc(c5)S(=O)(=O)Nc5nc(cc(-c6c(C)cccc6C)n5)OC[C@H]4CC(C)(C)C)n3)C2C1. The maximum absolute atomic E-state index is 14.6. The molecule has 3 aliphatic heterocycles. The molecule has 5 heterocycles. The van der Waals surface area contributed by atoms with Gasteiger partial charge in [0.05, 0.1) is 47.3 Å². The molecular weight excluding hydrogens is 693 g/mol. The number of aromatic nitrogens is 4. The third-order valence-corrected chi connectivity index (χ3v) is 11.6. The van der Waals surface area contributed by atoms with Gasteiger partial charge >= 0.3 is 0 Å². The van der Waals surface area contributed by atoms with Gasteiger partial charge in [-0.15, -0.1) is 0 Å². The summed E-state index contributed by atoms with van der Waals surface area (Å²) in [6.07, 6.45) is 4.91. The van der Waals surface area contributed by atoms with Crippen molar-refractivity contribution in [3.8, 4) is 17.1 Å². The molecule has 2 aromatic heterocycles. The molecule has 53 heavy (non-hydrogen) atoms. The first kappa shape index (κ1) is 36.3. The predicted molar refractivity (Wildman–Crippen MR) is 201 cm³/mol. The number of carbonyl (C=O) groups excluding carboxylic acids is 2. The third-order valence-electron chi connectivity index (χ3n) is 10.3. The Morgan fingerprint density at radius 3 is 2.49 bits per heavy atom. The van der Waals surface area contributed by atoms with Gasteiger partial charge in [0, 0.05) is 49.7 Å². The van der Waals surface area contributed by atoms with E-state index in [-0.39, 0.29) is 58.7 Å². The summed E-state index contributed by atoms with van der Waals surface area (Å²) in [7, 11) is -4.21. The summed E-state index contributed by atoms with van der Waals surface area (Å²) in [6, 6.07) is 13.3. The maximum Gasteiger partial charge on any atom is 0.264 e. The van der Waals surface area contributed by atoms with E-state index in [4.69, 9.17) is 9.72 Å². The molecule has 7 rings (SSSR count). The summed E-state index contributed by atoms with van der Waals surface area (Å²) >= 11 is 0. The Bertz CT molecular complexity index is 2150. The molecule has 2 aromatic carbocycles. The van der Waals surface area contributed by atoms with Crippen molar-refractivity contribution < 1.29 is 22.7 Å². The zero-order valence-electron chi connectivity index (χ0n) is 31.0. The number of ether oxygens (including phenoxy) is 1. The van der Waals surface area contributed by atoms with Crippen LogP contribution in [0, 0.1) is 25.2 Å². The number of fused-ring (bicyclic) bond motifs is 5. The Kier molecular flexibility index (Phi) is 9.60. The first-order valence-corrected chi connectivity index (χ1v) is 19.5. The molecule has 3 aliphatic rings. The molecule has 2 amide bonds. The summed E-state index contributed by atoms with van der Waals surface area (Å²) in [4.78, 5) is 51.2. The largest absolute Gasteiger partial charge is 0.475 e. The molecule has 278 valence electrons. The second-order valence-corrected chi connectivity index (χ2v) is 17.3. The molecule has 0 saturated carbocycles. The Morgan fingerprint density at radius 2 is 1.75 bits per heavy atom. The minimum atomic E-state index is -4.21. The van der Waals surface area contributed by atoms with E-state index in [1.54, 1.807) is 42.4 Å². The standard InChI is InChI=1S/C39H46N8O5S/c1-24-9-7-10-25(2)36(24)32-16-35-43-38(42-32)44-53(50,51)31-12-8-11-27(15-31)37(49)47(30(23-52-35)17-39(4,5)6)21-29-18-40-19-34(41-29)46-14-13-28-20-45(26(3)48)22-33(28)46/h7-12,15-16,18-19,28,30,33H,13-14,17,20-23H2,1-6H3,(H,42,43,44)/t28?,30-,33?/m1/s1. The van der Waals surface area contributed by atoms with Crippen LogP contribution >= 0.6 is 0 Å². The Balaban J connectivity index is 1.29. The van der Waals surface area contributed by atoms with Crippen molar-refractivity contribution in [2.75, 3.05) is 35.9 Å². The van der Waals surface area contributed by atoms with Gasteiger partial charge in [-0.05, 0) is 61.4 Å². The predicted octanol–water partition coefficient (Wildman–Crippen LogP) is 5.25. The van der Waals surface area contributed by atoms with Gasteiger partial charge < -0.3 is 19.4 Å². The number of benzene rings is 2. The highest BCUT2D eigenvalue weighted by Crippen LogP contribution is 2.35. The highest BCUT2D eigenvalue weighted by Gasteiger charge is 2.43. The van der Waals surface area contributed by atoms with E-state index in [9.17, 15) is 18.0 Å². The number of nitrogens with one attached hydrogen (secondary N) is 1. The molecule has 2 saturated heterocycles. The van der Waals surface area contributed by atoms with Gasteiger partial charge in [0.15, 0.2) is 0 Å². The molecule has 0 radical (unpaired) electrons. The maximum atomic E-state index is 14.6. The zero-order chi connectivity index (χ0) is 37.7. The molecule has 14 heteroatoms. The van der Waals surface area contributed by atoms with Gasteiger partial charge in [-0.1, -0.05) is 45.0 Å². The van der Waals surface area contributed by atoms with E-state index < -0.39 is 16.1 Å². The molecular formula is C39H46N8O5S. The molecule has 1 N–H and O–H groups in total. The molecule has 0 aliphatic carbocycles. The fraction of sp³-hybridized carbons (Fsp3) is 0.436. The number of anilines is 2. The average Bonchev–Trinajstić information content (AvgIpc) is 3.70. The zero-order valence-corrected chi connectivity index (χ0v) is 31.9. The molecule has 3 atom stereocenters. The van der Waals surface area contributed by atoms with Crippen LogP contribution in [0.25, 0.3) is 11.3 Å². The first-order valence-electron chi connectivity index (χ1n) is 18.0. The van der Waals surface area contributed by atoms with Crippen LogP contribution in [0.2, 0.25) is 0 Å². The van der Waals surface area contributed by atoms with Crippen LogP contribution in [0.1, 0.15) is 67.7 Å². The van der Waals surface area contributed by atoms with Crippen LogP contribution in [0.3, 0.4) is 0 Å². The van der Waals surface area contributed by atoms with E-state index in [0.29, 0.717) is 36.1 Å². The number of likely N-dealkylation sites (tertiary alicyclic amines) is 1. The van der Waals surface area contributed by atoms with Crippen molar-refractivity contribution in [3.05, 3.63) is 83.3 Å². The van der Waals surface area contributed by atoms with E-state index in [1.807, 2.05) is 36.9 Å². The number of sulfonamides is 1. The highest BCUT2D eigenvalue weighted by atomic mass is 32.2. The van der Waals surface area contributed by atoms with Gasteiger partial charge in [-0.2, -0.15) is 4.98 Å². The third kappa shape index (κ3) is 7.68. The van der Waals surface area contributed by atoms with Crippen LogP contribution in [-0.2, 0) is 21.4 Å². The van der Waals surface area contributed by atoms with E-state index in [0.717, 1.165) is 36.2 Å². The van der Waals surface area contributed by atoms with Crippen molar-refractivity contribution in [1.29, 1.82) is 0 Å². The molecule has 4 bridgehead atoms. The lowest BCUT2D eigenvalue weighted by Gasteiger charge is -2.35. The van der Waals surface area contributed by atoms with Gasteiger partial charge in [0.25, 0.3) is 15.9 Å². The van der Waals surface area contributed by atoms with E-state index in [1.165, 1.54) is 12.1 Å². The van der Waals surface area contributed by atoms with Gasteiger partial charge in [-0.25, -0.2) is 23.1 Å². The van der Waals surface area contributed by atoms with E-state index in [2.05, 4.69) is 45.3 Å². The van der Waals surface area contributed by atoms with Crippen molar-refractivity contribution in [3.63, 3.8) is 0 Å². The van der Waals surface area contributed by atoms with Gasteiger partial charge in [0.2, 0.25) is 17.7 Å². The molecule has 2 unspecified atom stereocenters. The normalized spacial score (nSPS) is 21.2. The molecule has 2 fully saturated rings. The second-order valence-electron chi connectivity index (χ2n) is 15.6. The number of hydrogen-bond acceptors (Lipinski definition) is 10. The lowest BCUT2D eigenvalue weighted by molar-refractivity contribution is -0.128. The minimum absolute atomic E-state index is 0.0714. The summed E-state index contributed by atoms with van der Waals surface area (Å²) in [5, 5.41) is 0. The van der Waals surface area contributed by atoms with Crippen LogP contribution in [0.4, 0.5) is 11.8 Å². The number of hydrogen-bond donors (Lipinski definition) is 1. The van der Waals surface area contributed by atoms with Gasteiger partial charge in [-0.3, -0.25) is 14.6 Å². The van der Waals surface area contributed by atoms with Crippen LogP contribution in [-0.4, -0.2) is 88.3 Å². The summed E-state index contributed by atoms with van der Waals surface area (Å²) in [5.41, 5.74) is 3.85. The number of rotatable bonds is 5. The Morgan fingerprint density at radius 1 is 1.00 bits per heavy atom. The quantitative estimate of drug-likeness (QED) is 0.288. The number of nitrogens with zero attached hydrogens (tertiary/aromatic N) is 7. The van der Waals surface area contributed by atoms with Crippen molar-refractivity contribution >= 4 is 33.6 Å². The Labute approximate surface area is 310 Å². The number of amides is 2. The highest BCUT2D eigenvalue weighted by molar-refractivity contribution is 7.92. The summed E-state index contributed by atoms with van der Waals surface area (Å²) < 4.78 is 36.5. The summed E-state index contributed by atoms with van der Waals surface area (Å²) in [6.45, 7) is 14.2. The topological polar surface area (TPSA) is 151 Å². The molecule has 13 nitrogen and oxygen atoms in total. The lowest BCUT2D eigenvalue weighted by atomic mass is 9.87. The fourth-order valence-corrected chi connectivity index (χ4v) is 8.82. The smallest absolute Gasteiger partial charge is 0.264 e. The summed E-state index contributed by atoms with van der Waals surface area (Å²) in [5.74, 6) is 0.820. The fourth-order valence-electron chi connectivity index (χ4n) is 7.83. The monoisotopic (exact) mass is 738 g/mol. The average molecular weight is 739 g/mol. The minimum Gasteiger partial charge on any atom is -0.475 e. The number of carbonyl (C=O) groups is 2. The van der Waals surface area contributed by atoms with Crippen molar-refractivity contribution in [2.45, 2.75) is 77.9 Å². The lowest BCUT2D eigenvalue weighted by Crippen LogP contribution is -2.45. The van der Waals surface area contributed by atoms with Gasteiger partial charge in [0.1, 0.15) is 12.4 Å². The Hall–Kier alpha value is -5.11. The van der Waals surface area contributed by atoms with Crippen LogP contribution < -0.4 is 14.4 Å². The van der Waals surface area contributed by atoms with Crippen LogP contribution in [0.5, 0.6) is 5.88 Å². The van der Waals surface area contributed by atoms with Crippen LogP contribution in [0.15, 0.2) is 65.8 Å². The first-order chi connectivity index (χ1) is 25.1. The van der Waals surface area contributed by atoms with E-state index >= 15 is 0 Å². The molecule has 4 aromatic rings. The molecule has 0 spiro atoms. The number of aryl methyl sites for hydroxylation is 2. The van der Waals surface area contributed by atoms with Crippen molar-refractivity contribution in [1.82, 2.24) is 29.7 Å². The second kappa shape index (κ2) is 14.0. The van der Waals surface area contributed by atoms with Crippen molar-refractivity contribution in [2.24, 2.45) is 11.3 Å².